The molecule has 2 heterocycles. The predicted molar refractivity (Wildman–Crippen MR) is 81.7 cm³/mol. The number of rotatable bonds is 3. The van der Waals surface area contributed by atoms with Gasteiger partial charge in [-0.05, 0) is 49.8 Å². The minimum absolute atomic E-state index is 0.222. The number of hydrogen-bond acceptors (Lipinski definition) is 3. The lowest BCUT2D eigenvalue weighted by atomic mass is 10.0. The van der Waals surface area contributed by atoms with Crippen molar-refractivity contribution in [1.82, 2.24) is 4.98 Å². The molecule has 3 heteroatoms. The molecule has 0 atom stereocenters. The third-order valence-electron chi connectivity index (χ3n) is 3.25. The molecule has 0 amide bonds. The summed E-state index contributed by atoms with van der Waals surface area (Å²) in [6, 6.07) is 12.1. The second-order valence-electron chi connectivity index (χ2n) is 5.48. The van der Waals surface area contributed by atoms with Crippen molar-refractivity contribution in [3.05, 3.63) is 59.8 Å². The highest BCUT2D eigenvalue weighted by Crippen LogP contribution is 2.31. The van der Waals surface area contributed by atoms with Gasteiger partial charge in [0.05, 0.1) is 0 Å². The Morgan fingerprint density at radius 2 is 2.10 bits per heavy atom. The summed E-state index contributed by atoms with van der Waals surface area (Å²) in [6.45, 7) is 4.87. The van der Waals surface area contributed by atoms with Crippen molar-refractivity contribution >= 4 is 11.9 Å². The number of hydrogen-bond donors (Lipinski definition) is 1. The molecule has 1 aromatic carbocycles. The Bertz CT molecular complexity index is 633. The number of anilines is 1. The molecule has 3 rings (SSSR count). The van der Waals surface area contributed by atoms with Crippen molar-refractivity contribution in [1.29, 1.82) is 0 Å². The van der Waals surface area contributed by atoms with E-state index in [2.05, 4.69) is 48.4 Å². The van der Waals surface area contributed by atoms with E-state index in [4.69, 9.17) is 4.74 Å². The lowest BCUT2D eigenvalue weighted by Gasteiger charge is -2.28. The predicted octanol–water partition coefficient (Wildman–Crippen LogP) is 3.88. The monoisotopic (exact) mass is 266 g/mol. The van der Waals surface area contributed by atoms with Gasteiger partial charge in [0.1, 0.15) is 17.2 Å². The first kappa shape index (κ1) is 12.7. The summed E-state index contributed by atoms with van der Waals surface area (Å²) in [5.41, 5.74) is 2.12. The van der Waals surface area contributed by atoms with Gasteiger partial charge in [-0.2, -0.15) is 0 Å². The minimum atomic E-state index is -0.222. The molecule has 0 saturated heterocycles. The average molecular weight is 266 g/mol. The number of ether oxygens (including phenoxy) is 1. The quantitative estimate of drug-likeness (QED) is 0.915. The molecule has 20 heavy (non-hydrogen) atoms. The lowest BCUT2D eigenvalue weighted by Crippen LogP contribution is -2.27. The molecular formula is C17H18N2O. The van der Waals surface area contributed by atoms with Crippen LogP contribution >= 0.6 is 0 Å². The van der Waals surface area contributed by atoms with Gasteiger partial charge in [0.15, 0.2) is 0 Å². The number of aromatic nitrogens is 1. The summed E-state index contributed by atoms with van der Waals surface area (Å²) in [5, 5.41) is 3.31. The van der Waals surface area contributed by atoms with Gasteiger partial charge in [-0.1, -0.05) is 18.2 Å². The zero-order chi connectivity index (χ0) is 14.0. The van der Waals surface area contributed by atoms with Crippen LogP contribution in [-0.2, 0) is 6.54 Å². The molecule has 0 fully saturated rings. The van der Waals surface area contributed by atoms with Crippen molar-refractivity contribution in [3.8, 4) is 5.75 Å². The smallest absolute Gasteiger partial charge is 0.127 e. The van der Waals surface area contributed by atoms with Crippen LogP contribution in [0.5, 0.6) is 5.75 Å². The largest absolute Gasteiger partial charge is 0.483 e. The van der Waals surface area contributed by atoms with Gasteiger partial charge >= 0.3 is 0 Å². The highest BCUT2D eigenvalue weighted by molar-refractivity contribution is 5.62. The molecule has 0 aliphatic carbocycles. The van der Waals surface area contributed by atoms with Crippen LogP contribution in [0.2, 0.25) is 0 Å². The molecule has 0 unspecified atom stereocenters. The molecular weight excluding hydrogens is 248 g/mol. The Morgan fingerprint density at radius 1 is 1.20 bits per heavy atom. The van der Waals surface area contributed by atoms with Crippen LogP contribution in [0, 0.1) is 0 Å². The highest BCUT2D eigenvalue weighted by Gasteiger charge is 2.21. The standard InChI is InChI=1S/C17H18N2O/c1-17(2)9-8-14-11-13(6-7-15(14)20-17)12-19-16-5-3-4-10-18-16/h3-11H,12H2,1-2H3,(H,18,19). The van der Waals surface area contributed by atoms with Gasteiger partial charge < -0.3 is 10.1 Å². The molecule has 0 spiro atoms. The van der Waals surface area contributed by atoms with Crippen LogP contribution in [0.1, 0.15) is 25.0 Å². The number of benzene rings is 1. The van der Waals surface area contributed by atoms with Crippen LogP contribution < -0.4 is 10.1 Å². The topological polar surface area (TPSA) is 34.2 Å². The van der Waals surface area contributed by atoms with Crippen molar-refractivity contribution in [2.24, 2.45) is 0 Å². The Kier molecular flexibility index (Phi) is 3.18. The number of fused-ring (bicyclic) bond motifs is 1. The third-order valence-corrected chi connectivity index (χ3v) is 3.25. The fourth-order valence-electron chi connectivity index (χ4n) is 2.20. The van der Waals surface area contributed by atoms with E-state index in [1.807, 2.05) is 24.3 Å². The maximum Gasteiger partial charge on any atom is 0.127 e. The molecule has 0 saturated carbocycles. The number of nitrogens with one attached hydrogen (secondary N) is 1. The summed E-state index contributed by atoms with van der Waals surface area (Å²) >= 11 is 0. The summed E-state index contributed by atoms with van der Waals surface area (Å²) < 4.78 is 5.92. The van der Waals surface area contributed by atoms with Gasteiger partial charge in [-0.15, -0.1) is 0 Å². The molecule has 1 N–H and O–H groups in total. The van der Waals surface area contributed by atoms with Crippen molar-refractivity contribution < 1.29 is 4.74 Å². The molecule has 0 bridgehead atoms. The van der Waals surface area contributed by atoms with Gasteiger partial charge in [-0.3, -0.25) is 0 Å². The summed E-state index contributed by atoms with van der Waals surface area (Å²) in [4.78, 5) is 4.25. The second kappa shape index (κ2) is 5.00. The van der Waals surface area contributed by atoms with Crippen molar-refractivity contribution in [3.63, 3.8) is 0 Å². The fraction of sp³-hybridized carbons (Fsp3) is 0.235. The van der Waals surface area contributed by atoms with Crippen LogP contribution in [0.3, 0.4) is 0 Å². The van der Waals surface area contributed by atoms with E-state index in [1.165, 1.54) is 5.56 Å². The van der Waals surface area contributed by atoms with Gasteiger partial charge in [0, 0.05) is 18.3 Å². The molecule has 0 radical (unpaired) electrons. The van der Waals surface area contributed by atoms with Crippen LogP contribution in [-0.4, -0.2) is 10.6 Å². The van der Waals surface area contributed by atoms with Crippen molar-refractivity contribution in [2.75, 3.05) is 5.32 Å². The van der Waals surface area contributed by atoms with E-state index in [0.29, 0.717) is 0 Å². The lowest BCUT2D eigenvalue weighted by molar-refractivity contribution is 0.159. The van der Waals surface area contributed by atoms with E-state index >= 15 is 0 Å². The average Bonchev–Trinajstić information content (AvgIpc) is 2.45. The first-order valence-corrected chi connectivity index (χ1v) is 6.78. The molecule has 102 valence electrons. The van der Waals surface area contributed by atoms with E-state index in [1.54, 1.807) is 6.20 Å². The first-order valence-electron chi connectivity index (χ1n) is 6.78. The highest BCUT2D eigenvalue weighted by atomic mass is 16.5. The zero-order valence-electron chi connectivity index (χ0n) is 11.8. The Labute approximate surface area is 119 Å². The Balaban J connectivity index is 1.74. The maximum absolute atomic E-state index is 5.92. The molecule has 3 nitrogen and oxygen atoms in total. The Hall–Kier alpha value is -2.29. The van der Waals surface area contributed by atoms with E-state index in [-0.39, 0.29) is 5.60 Å². The zero-order valence-corrected chi connectivity index (χ0v) is 11.8. The molecule has 1 aliphatic rings. The van der Waals surface area contributed by atoms with E-state index in [9.17, 15) is 0 Å². The van der Waals surface area contributed by atoms with Gasteiger partial charge in [0.2, 0.25) is 0 Å². The molecule has 1 aromatic heterocycles. The fourth-order valence-corrected chi connectivity index (χ4v) is 2.20. The van der Waals surface area contributed by atoms with Crippen LogP contribution in [0.15, 0.2) is 48.7 Å². The summed E-state index contributed by atoms with van der Waals surface area (Å²) in [7, 11) is 0. The second-order valence-corrected chi connectivity index (χ2v) is 5.48. The first-order chi connectivity index (χ1) is 9.62. The van der Waals surface area contributed by atoms with Crippen molar-refractivity contribution in [2.45, 2.75) is 26.0 Å². The van der Waals surface area contributed by atoms with Gasteiger partial charge in [0.25, 0.3) is 0 Å². The van der Waals surface area contributed by atoms with E-state index in [0.717, 1.165) is 23.7 Å². The Morgan fingerprint density at radius 3 is 2.90 bits per heavy atom. The third kappa shape index (κ3) is 2.82. The summed E-state index contributed by atoms with van der Waals surface area (Å²) in [6.07, 6.45) is 6.00. The number of nitrogens with zero attached hydrogens (tertiary/aromatic N) is 1. The molecule has 1 aliphatic heterocycles. The van der Waals surface area contributed by atoms with Gasteiger partial charge in [-0.25, -0.2) is 4.98 Å². The van der Waals surface area contributed by atoms with E-state index < -0.39 is 0 Å². The van der Waals surface area contributed by atoms with Crippen LogP contribution in [0.4, 0.5) is 5.82 Å². The maximum atomic E-state index is 5.92. The summed E-state index contributed by atoms with van der Waals surface area (Å²) in [5.74, 6) is 1.83. The normalized spacial score (nSPS) is 15.3. The van der Waals surface area contributed by atoms with Crippen LogP contribution in [0.25, 0.3) is 6.08 Å². The minimum Gasteiger partial charge on any atom is -0.483 e. The molecule has 2 aromatic rings. The SMILES string of the molecule is CC1(C)C=Cc2cc(CNc3ccccn3)ccc2O1. The number of pyridine rings is 1.